The number of aryl methyl sites for hydroxylation is 1. The van der Waals surface area contributed by atoms with Gasteiger partial charge in [0.1, 0.15) is 0 Å². The van der Waals surface area contributed by atoms with Crippen molar-refractivity contribution in [1.82, 2.24) is 15.6 Å². The van der Waals surface area contributed by atoms with E-state index in [0.29, 0.717) is 43.7 Å². The quantitative estimate of drug-likeness (QED) is 0.316. The van der Waals surface area contributed by atoms with Gasteiger partial charge in [0.15, 0.2) is 0 Å². The van der Waals surface area contributed by atoms with E-state index in [2.05, 4.69) is 20.9 Å². The van der Waals surface area contributed by atoms with Gasteiger partial charge in [-0.05, 0) is 54.7 Å². The van der Waals surface area contributed by atoms with Crippen LogP contribution in [0, 0.1) is 5.92 Å². The Kier molecular flexibility index (Phi) is 8.47. The van der Waals surface area contributed by atoms with Crippen molar-refractivity contribution >= 4 is 11.6 Å². The van der Waals surface area contributed by atoms with Crippen LogP contribution in [0.5, 0.6) is 0 Å². The molecule has 3 heterocycles. The zero-order valence-electron chi connectivity index (χ0n) is 21.6. The molecule has 2 aromatic carbocycles. The molecule has 9 heteroatoms. The maximum Gasteiger partial charge on any atom is 0.416 e. The molecule has 2 aliphatic heterocycles. The minimum atomic E-state index is -4.42. The van der Waals surface area contributed by atoms with Crippen LogP contribution in [0.4, 0.5) is 18.9 Å². The molecule has 6 nitrogen and oxygen atoms in total. The van der Waals surface area contributed by atoms with E-state index >= 15 is 0 Å². The van der Waals surface area contributed by atoms with Crippen molar-refractivity contribution in [1.29, 1.82) is 0 Å². The van der Waals surface area contributed by atoms with Crippen LogP contribution >= 0.6 is 0 Å². The van der Waals surface area contributed by atoms with E-state index < -0.39 is 17.8 Å². The Balaban J connectivity index is 1.17. The summed E-state index contributed by atoms with van der Waals surface area (Å²) < 4.78 is 47.1. The molecule has 1 aromatic heterocycles. The number of hydrogen-bond acceptors (Lipinski definition) is 5. The average molecular weight is 539 g/mol. The lowest BCUT2D eigenvalue weighted by atomic mass is 9.76. The summed E-state index contributed by atoms with van der Waals surface area (Å²) in [6.45, 7) is 1.63. The predicted molar refractivity (Wildman–Crippen MR) is 143 cm³/mol. The van der Waals surface area contributed by atoms with Crippen molar-refractivity contribution in [2.24, 2.45) is 5.92 Å². The Hall–Kier alpha value is -3.43. The van der Waals surface area contributed by atoms with Crippen LogP contribution in [0.1, 0.15) is 53.7 Å². The summed E-state index contributed by atoms with van der Waals surface area (Å²) in [5.74, 6) is -0.00474. The maximum absolute atomic E-state index is 13.5. The lowest BCUT2D eigenvalue weighted by molar-refractivity contribution is -0.138. The second-order valence-electron chi connectivity index (χ2n) is 10.2. The Morgan fingerprint density at radius 2 is 1.90 bits per heavy atom. The molecular formula is C30H33F3N4O2. The number of amides is 1. The first-order valence-corrected chi connectivity index (χ1v) is 13.4. The van der Waals surface area contributed by atoms with Gasteiger partial charge in [0.2, 0.25) is 5.91 Å². The summed E-state index contributed by atoms with van der Waals surface area (Å²) in [5.41, 5.74) is 2.70. The molecule has 0 spiro atoms. The molecule has 0 unspecified atom stereocenters. The number of carbonyl (C=O) groups is 1. The van der Waals surface area contributed by atoms with Gasteiger partial charge in [-0.25, -0.2) is 0 Å². The van der Waals surface area contributed by atoms with E-state index in [0.717, 1.165) is 30.0 Å². The van der Waals surface area contributed by atoms with Gasteiger partial charge in [0, 0.05) is 55.6 Å². The molecule has 0 bridgehead atoms. The van der Waals surface area contributed by atoms with Crippen molar-refractivity contribution in [3.8, 4) is 0 Å². The Bertz CT molecular complexity index is 1240. The Morgan fingerprint density at radius 3 is 2.67 bits per heavy atom. The Morgan fingerprint density at radius 1 is 1.05 bits per heavy atom. The number of hydrogen-bond donors (Lipinski definition) is 3. The molecule has 0 saturated carbocycles. The lowest BCUT2D eigenvalue weighted by Gasteiger charge is -2.46. The van der Waals surface area contributed by atoms with Crippen molar-refractivity contribution in [2.45, 2.75) is 50.1 Å². The standard InChI is InChI=1S/C30H33F3N4O2/c31-30(32,33)22-9-12-26-25(17-22)29-24(28(37-26)21-6-2-1-3-7-21)11-10-23(39-29)19-35-15-16-36-27(38)13-8-20-5-4-14-34-18-20/h1-7,9,12,14,17-18,23-24,28-29,35,37H,8,10-11,13,15-16,19H2,(H,36,38)/t23-,24+,28+,29+/m1/s1. The van der Waals surface area contributed by atoms with Crippen molar-refractivity contribution in [3.63, 3.8) is 0 Å². The number of rotatable bonds is 9. The van der Waals surface area contributed by atoms with Crippen molar-refractivity contribution < 1.29 is 22.7 Å². The van der Waals surface area contributed by atoms with Gasteiger partial charge in [-0.1, -0.05) is 36.4 Å². The third-order valence-electron chi connectivity index (χ3n) is 7.49. The molecule has 206 valence electrons. The highest BCUT2D eigenvalue weighted by molar-refractivity contribution is 5.76. The fourth-order valence-electron chi connectivity index (χ4n) is 5.52. The van der Waals surface area contributed by atoms with Gasteiger partial charge < -0.3 is 20.7 Å². The smallest absolute Gasteiger partial charge is 0.378 e. The molecule has 1 saturated heterocycles. The first-order valence-electron chi connectivity index (χ1n) is 13.4. The van der Waals surface area contributed by atoms with E-state index in [1.807, 2.05) is 42.5 Å². The number of fused-ring (bicyclic) bond motifs is 3. The van der Waals surface area contributed by atoms with E-state index in [9.17, 15) is 18.0 Å². The van der Waals surface area contributed by atoms with Gasteiger partial charge in [0.25, 0.3) is 0 Å². The van der Waals surface area contributed by atoms with E-state index in [1.165, 1.54) is 12.1 Å². The van der Waals surface area contributed by atoms with Gasteiger partial charge in [-0.3, -0.25) is 9.78 Å². The monoisotopic (exact) mass is 538 g/mol. The van der Waals surface area contributed by atoms with Crippen LogP contribution in [0.3, 0.4) is 0 Å². The highest BCUT2D eigenvalue weighted by Crippen LogP contribution is 2.51. The zero-order chi connectivity index (χ0) is 27.2. The van der Waals surface area contributed by atoms with Gasteiger partial charge in [-0.2, -0.15) is 13.2 Å². The molecule has 2 aliphatic rings. The second kappa shape index (κ2) is 12.2. The summed E-state index contributed by atoms with van der Waals surface area (Å²) in [5, 5.41) is 9.74. The number of nitrogens with one attached hydrogen (secondary N) is 3. The molecule has 3 aromatic rings. The third kappa shape index (κ3) is 6.78. The summed E-state index contributed by atoms with van der Waals surface area (Å²) in [4.78, 5) is 16.2. The molecule has 39 heavy (non-hydrogen) atoms. The molecule has 4 atom stereocenters. The Labute approximate surface area is 226 Å². The van der Waals surface area contributed by atoms with Crippen molar-refractivity contribution in [2.75, 3.05) is 25.0 Å². The van der Waals surface area contributed by atoms with E-state index in [4.69, 9.17) is 4.74 Å². The number of carbonyl (C=O) groups excluding carboxylic acids is 1. The molecule has 1 amide bonds. The average Bonchev–Trinajstić information content (AvgIpc) is 2.95. The number of nitrogens with zero attached hydrogens (tertiary/aromatic N) is 1. The van der Waals surface area contributed by atoms with Gasteiger partial charge in [-0.15, -0.1) is 0 Å². The number of ether oxygens (including phenoxy) is 1. The highest BCUT2D eigenvalue weighted by Gasteiger charge is 2.43. The van der Waals surface area contributed by atoms with Crippen LogP contribution < -0.4 is 16.0 Å². The van der Waals surface area contributed by atoms with E-state index in [1.54, 1.807) is 12.4 Å². The summed E-state index contributed by atoms with van der Waals surface area (Å²) in [7, 11) is 0. The largest absolute Gasteiger partial charge is 0.416 e. The van der Waals surface area contributed by atoms with Crippen LogP contribution in [-0.4, -0.2) is 36.6 Å². The molecule has 1 fully saturated rings. The third-order valence-corrected chi connectivity index (χ3v) is 7.49. The van der Waals surface area contributed by atoms with Crippen LogP contribution in [0.25, 0.3) is 0 Å². The summed E-state index contributed by atoms with van der Waals surface area (Å²) >= 11 is 0. The molecule has 5 rings (SSSR count). The predicted octanol–water partition coefficient (Wildman–Crippen LogP) is 5.44. The van der Waals surface area contributed by atoms with Crippen LogP contribution in [0.2, 0.25) is 0 Å². The fraction of sp³-hybridized carbons (Fsp3) is 0.400. The molecule has 0 aliphatic carbocycles. The summed E-state index contributed by atoms with van der Waals surface area (Å²) in [6.07, 6.45) is 1.13. The minimum Gasteiger partial charge on any atom is -0.378 e. The number of alkyl halides is 3. The number of anilines is 1. The summed E-state index contributed by atoms with van der Waals surface area (Å²) in [6, 6.07) is 17.6. The van der Waals surface area contributed by atoms with Gasteiger partial charge >= 0.3 is 6.18 Å². The molecular weight excluding hydrogens is 505 g/mol. The zero-order valence-corrected chi connectivity index (χ0v) is 21.6. The maximum atomic E-state index is 13.5. The number of pyridine rings is 1. The number of halogens is 3. The molecule has 3 N–H and O–H groups in total. The molecule has 0 radical (unpaired) electrons. The lowest BCUT2D eigenvalue weighted by Crippen LogP contribution is -2.43. The number of aromatic nitrogens is 1. The highest BCUT2D eigenvalue weighted by atomic mass is 19.4. The minimum absolute atomic E-state index is 0.0127. The number of benzene rings is 2. The van der Waals surface area contributed by atoms with Crippen LogP contribution in [0.15, 0.2) is 73.1 Å². The topological polar surface area (TPSA) is 75.3 Å². The first kappa shape index (κ1) is 27.1. The first-order chi connectivity index (χ1) is 18.9. The van der Waals surface area contributed by atoms with E-state index in [-0.39, 0.29) is 24.0 Å². The SMILES string of the molecule is O=C(CCc1cccnc1)NCCNC[C@H]1CC[C@@H]2[C@H](O1)c1cc(C(F)(F)F)ccc1N[C@H]2c1ccccc1. The van der Waals surface area contributed by atoms with Crippen molar-refractivity contribution in [3.05, 3.63) is 95.3 Å². The fourth-order valence-corrected chi connectivity index (χ4v) is 5.52. The van der Waals surface area contributed by atoms with Gasteiger partial charge in [0.05, 0.1) is 23.8 Å². The second-order valence-corrected chi connectivity index (χ2v) is 10.2. The normalized spacial score (nSPS) is 22.3. The van der Waals surface area contributed by atoms with Crippen LogP contribution in [-0.2, 0) is 22.1 Å².